The van der Waals surface area contributed by atoms with E-state index in [0.717, 1.165) is 78.5 Å². The molecule has 0 aromatic carbocycles. The van der Waals surface area contributed by atoms with E-state index in [1.54, 1.807) is 0 Å². The lowest BCUT2D eigenvalue weighted by atomic mass is 9.90. The number of rotatable bonds is 52. The van der Waals surface area contributed by atoms with Crippen molar-refractivity contribution in [3.05, 3.63) is 0 Å². The zero-order valence-corrected chi connectivity index (χ0v) is 55.3. The fraction of sp³-hybridized carbons (Fsp3) is 0.897. The molecule has 0 spiro atoms. The second-order valence-electron chi connectivity index (χ2n) is 24.6. The first-order chi connectivity index (χ1) is 38.9. The third-order valence-corrected chi connectivity index (χ3v) is 13.8. The van der Waals surface area contributed by atoms with Crippen LogP contribution in [0.25, 0.3) is 0 Å². The van der Waals surface area contributed by atoms with Crippen LogP contribution in [0.5, 0.6) is 0 Å². The van der Waals surface area contributed by atoms with Crippen LogP contribution in [0, 0.1) is 10.8 Å². The summed E-state index contributed by atoms with van der Waals surface area (Å²) in [5.41, 5.74) is -2.96. The van der Waals surface area contributed by atoms with Gasteiger partial charge in [-0.1, -0.05) is 0 Å². The molecular weight excluding hydrogens is 1070 g/mol. The van der Waals surface area contributed by atoms with Crippen LogP contribution in [-0.2, 0) is 61.9 Å². The van der Waals surface area contributed by atoms with Crippen molar-refractivity contribution in [2.75, 3.05) is 298 Å². The van der Waals surface area contributed by atoms with Gasteiger partial charge in [0.15, 0.2) is 0 Å². The molecule has 0 saturated carbocycles. The zero-order chi connectivity index (χ0) is 63.0. The molecule has 0 aliphatic rings. The van der Waals surface area contributed by atoms with Crippen LogP contribution in [0.3, 0.4) is 0 Å². The summed E-state index contributed by atoms with van der Waals surface area (Å²) in [6, 6.07) is 0. The van der Waals surface area contributed by atoms with Crippen LogP contribution in [0.4, 0.5) is 0 Å². The lowest BCUT2D eigenvalue weighted by Crippen LogP contribution is -2.47. The maximum Gasteiger partial charge on any atom is 0.307 e. The van der Waals surface area contributed by atoms with Crippen molar-refractivity contribution >= 4 is 35.8 Å². The van der Waals surface area contributed by atoms with Crippen molar-refractivity contribution in [2.24, 2.45) is 10.8 Å². The topological polar surface area (TPSA) is 206 Å². The number of esters is 6. The SMILES string of the molecule is CN(C)CCN(C)CCC(=O)OCC(COCC(COC(=O)CCN(C)CCN(C)C)(COC(=O)CCN(C)CCN(C)C)COC(=O)CCN(C)CCN(C)C)(COC(=O)CCN(C)CCN(C)C)COC(=O)CCN(C)CCN(C)C. The monoisotopic (exact) mass is 1190 g/mol. The molecule has 0 N–H and O–H groups in total. The Labute approximate surface area is 501 Å². The van der Waals surface area contributed by atoms with E-state index in [1.807, 2.05) is 156 Å². The molecule has 0 bridgehead atoms. The van der Waals surface area contributed by atoms with Crippen molar-refractivity contribution < 1.29 is 61.9 Å². The second-order valence-corrected chi connectivity index (χ2v) is 24.6. The van der Waals surface area contributed by atoms with Crippen molar-refractivity contribution in [3.63, 3.8) is 0 Å². The Hall–Kier alpha value is -3.70. The van der Waals surface area contributed by atoms with Gasteiger partial charge in [0, 0.05) is 118 Å². The first-order valence-electron chi connectivity index (χ1n) is 29.5. The van der Waals surface area contributed by atoms with Crippen LogP contribution >= 0.6 is 0 Å². The standard InChI is InChI=1S/C58H118N12O13/c1-59(2)31-37-65(13)25-19-51(71)78-45-57(46-79-52(72)20-26-66(14)38-32-60(3)4,47-80-53(73)21-27-67(15)39-33-61(5)6)43-77-44-58(48-81-54(74)22-28-68(16)40-34-62(7)8,49-82-55(75)23-29-69(17)41-35-63(9)10)50-83-56(76)24-30-70(18)42-36-64(11)12/h19-50H2,1-18H3. The zero-order valence-electron chi connectivity index (χ0n) is 55.3. The summed E-state index contributed by atoms with van der Waals surface area (Å²) >= 11 is 0. The highest BCUT2D eigenvalue weighted by atomic mass is 16.6. The molecule has 0 fully saturated rings. The van der Waals surface area contributed by atoms with Gasteiger partial charge < -0.3 is 92.0 Å². The molecule has 83 heavy (non-hydrogen) atoms. The summed E-state index contributed by atoms with van der Waals surface area (Å²) in [7, 11) is 35.2. The second kappa shape index (κ2) is 45.6. The number of likely N-dealkylation sites (N-methyl/N-ethyl adjacent to an activating group) is 12. The Morgan fingerprint density at radius 2 is 0.361 bits per heavy atom. The van der Waals surface area contributed by atoms with E-state index in [0.29, 0.717) is 39.3 Å². The van der Waals surface area contributed by atoms with Crippen molar-refractivity contribution in [2.45, 2.75) is 38.5 Å². The van der Waals surface area contributed by atoms with E-state index in [9.17, 15) is 28.8 Å². The summed E-state index contributed by atoms with van der Waals surface area (Å²) < 4.78 is 42.7. The Morgan fingerprint density at radius 1 is 0.217 bits per heavy atom. The molecule has 0 unspecified atom stereocenters. The molecule has 0 amide bonds. The molecule has 0 aromatic heterocycles. The van der Waals surface area contributed by atoms with Crippen molar-refractivity contribution in [3.8, 4) is 0 Å². The highest BCUT2D eigenvalue weighted by molar-refractivity contribution is 5.72. The molecule has 0 aliphatic heterocycles. The maximum absolute atomic E-state index is 13.7. The van der Waals surface area contributed by atoms with Gasteiger partial charge >= 0.3 is 35.8 Å². The predicted octanol–water partition coefficient (Wildman–Crippen LogP) is -0.464. The molecule has 0 radical (unpaired) electrons. The summed E-state index contributed by atoms with van der Waals surface area (Å²) in [6.45, 7) is 8.54. The fourth-order valence-electron chi connectivity index (χ4n) is 7.41. The molecule has 0 rings (SSSR count). The molecule has 25 nitrogen and oxygen atoms in total. The van der Waals surface area contributed by atoms with Crippen LogP contribution in [0.15, 0.2) is 0 Å². The summed E-state index contributed by atoms with van der Waals surface area (Å²) in [5.74, 6) is -3.16. The predicted molar refractivity (Wildman–Crippen MR) is 325 cm³/mol. The van der Waals surface area contributed by atoms with Gasteiger partial charge in [-0.15, -0.1) is 0 Å². The summed E-state index contributed by atoms with van der Waals surface area (Å²) in [6.07, 6.45) is 0.289. The molecule has 488 valence electrons. The maximum atomic E-state index is 13.7. The molecule has 25 heteroatoms. The molecule has 0 saturated heterocycles. The fourth-order valence-corrected chi connectivity index (χ4v) is 7.41. The highest BCUT2D eigenvalue weighted by Gasteiger charge is 2.41. The number of ether oxygens (including phenoxy) is 7. The van der Waals surface area contributed by atoms with Crippen molar-refractivity contribution in [1.82, 2.24) is 58.8 Å². The van der Waals surface area contributed by atoms with Gasteiger partial charge in [-0.2, -0.15) is 0 Å². The Morgan fingerprint density at radius 3 is 0.494 bits per heavy atom. The molecule has 0 aromatic rings. The van der Waals surface area contributed by atoms with E-state index in [4.69, 9.17) is 33.2 Å². The number of carbonyl (C=O) groups excluding carboxylic acids is 6. The Kier molecular flexibility index (Phi) is 43.6. The third kappa shape index (κ3) is 45.3. The average molecular weight is 1190 g/mol. The minimum atomic E-state index is -1.48. The van der Waals surface area contributed by atoms with E-state index >= 15 is 0 Å². The van der Waals surface area contributed by atoms with Gasteiger partial charge in [-0.3, -0.25) is 28.8 Å². The summed E-state index contributed by atoms with van der Waals surface area (Å²) in [4.78, 5) is 106. The number of nitrogens with zero attached hydrogens (tertiary/aromatic N) is 12. The summed E-state index contributed by atoms with van der Waals surface area (Å²) in [5, 5.41) is 0. The van der Waals surface area contributed by atoms with Gasteiger partial charge in [0.2, 0.25) is 0 Å². The first-order valence-corrected chi connectivity index (χ1v) is 29.5. The van der Waals surface area contributed by atoms with Gasteiger partial charge in [0.25, 0.3) is 0 Å². The third-order valence-electron chi connectivity index (χ3n) is 13.8. The van der Waals surface area contributed by atoms with E-state index < -0.39 is 46.6 Å². The molecule has 0 aliphatic carbocycles. The van der Waals surface area contributed by atoms with Crippen LogP contribution < -0.4 is 0 Å². The molecular formula is C58H118N12O13. The quantitative estimate of drug-likeness (QED) is 0.0558. The van der Waals surface area contributed by atoms with E-state index in [1.165, 1.54) is 0 Å². The first kappa shape index (κ1) is 79.3. The van der Waals surface area contributed by atoms with Crippen LogP contribution in [-0.4, -0.2) is 392 Å². The van der Waals surface area contributed by atoms with Gasteiger partial charge in [0.05, 0.1) is 62.6 Å². The highest BCUT2D eigenvalue weighted by Crippen LogP contribution is 2.27. The number of hydrogen-bond acceptors (Lipinski definition) is 25. The van der Waals surface area contributed by atoms with E-state index in [-0.39, 0.29) is 91.4 Å². The smallest absolute Gasteiger partial charge is 0.307 e. The minimum Gasteiger partial charge on any atom is -0.465 e. The lowest BCUT2D eigenvalue weighted by molar-refractivity contribution is -0.175. The van der Waals surface area contributed by atoms with Gasteiger partial charge in [-0.25, -0.2) is 0 Å². The minimum absolute atomic E-state index is 0.0482. The average Bonchev–Trinajstić information content (AvgIpc) is 3.56. The molecule has 0 atom stereocenters. The van der Waals surface area contributed by atoms with E-state index in [2.05, 4.69) is 29.4 Å². The van der Waals surface area contributed by atoms with Gasteiger partial charge in [-0.05, 0) is 127 Å². The largest absolute Gasteiger partial charge is 0.465 e. The normalized spacial score (nSPS) is 12.5. The van der Waals surface area contributed by atoms with Crippen LogP contribution in [0.2, 0.25) is 0 Å². The number of hydrogen-bond donors (Lipinski definition) is 0. The Balaban J connectivity index is 7.48. The Bertz CT molecular complexity index is 1460. The number of carbonyl (C=O) groups is 6. The van der Waals surface area contributed by atoms with Crippen LogP contribution in [0.1, 0.15) is 38.5 Å². The van der Waals surface area contributed by atoms with Gasteiger partial charge in [0.1, 0.15) is 39.6 Å². The molecule has 0 heterocycles. The van der Waals surface area contributed by atoms with Crippen molar-refractivity contribution in [1.29, 1.82) is 0 Å². The lowest BCUT2D eigenvalue weighted by Gasteiger charge is -2.36.